The van der Waals surface area contributed by atoms with Crippen LogP contribution in [0.3, 0.4) is 0 Å². The van der Waals surface area contributed by atoms with Crippen molar-refractivity contribution >= 4 is 21.9 Å². The van der Waals surface area contributed by atoms with E-state index in [4.69, 9.17) is 4.74 Å². The van der Waals surface area contributed by atoms with Crippen molar-refractivity contribution in [1.82, 2.24) is 9.97 Å². The first-order valence-electron chi connectivity index (χ1n) is 10.3. The number of aryl methyl sites for hydroxylation is 1. The molecular weight excluding hydrogens is 416 g/mol. The first kappa shape index (κ1) is 22.5. The summed E-state index contributed by atoms with van der Waals surface area (Å²) in [7, 11) is 0. The lowest BCUT2D eigenvalue weighted by atomic mass is 10.1. The molecule has 0 N–H and O–H groups in total. The molecule has 5 heteroatoms. The molecule has 2 aromatic rings. The van der Waals surface area contributed by atoms with Crippen LogP contribution in [-0.4, -0.2) is 20.8 Å². The van der Waals surface area contributed by atoms with Crippen LogP contribution in [0, 0.1) is 5.92 Å². The van der Waals surface area contributed by atoms with Crippen molar-refractivity contribution in [2.24, 2.45) is 5.92 Å². The Morgan fingerprint density at radius 2 is 1.75 bits per heavy atom. The van der Waals surface area contributed by atoms with Gasteiger partial charge in [0.25, 0.3) is 0 Å². The number of ether oxygens (including phenoxy) is 1. The molecule has 2 atom stereocenters. The molecule has 0 amide bonds. The molecule has 152 valence electrons. The first-order chi connectivity index (χ1) is 13.5. The highest BCUT2D eigenvalue weighted by molar-refractivity contribution is 9.09. The fraction of sp³-hybridized carbons (Fsp3) is 0.522. The highest BCUT2D eigenvalue weighted by atomic mass is 79.9. The number of alkyl halides is 1. The molecule has 0 saturated heterocycles. The molecule has 0 bridgehead atoms. The number of benzene rings is 1. The minimum Gasteiger partial charge on any atom is -0.426 e. The van der Waals surface area contributed by atoms with Gasteiger partial charge in [0.15, 0.2) is 0 Å². The zero-order valence-electron chi connectivity index (χ0n) is 17.2. The quantitative estimate of drug-likeness (QED) is 0.174. The van der Waals surface area contributed by atoms with Crippen LogP contribution in [0.5, 0.6) is 5.75 Å². The molecule has 0 fully saturated rings. The van der Waals surface area contributed by atoms with E-state index in [1.54, 1.807) is 12.1 Å². The van der Waals surface area contributed by atoms with Gasteiger partial charge in [0.1, 0.15) is 5.75 Å². The third-order valence-corrected chi connectivity index (χ3v) is 6.36. The van der Waals surface area contributed by atoms with Gasteiger partial charge in [-0.15, -0.1) is 0 Å². The number of hydrogen-bond acceptors (Lipinski definition) is 4. The van der Waals surface area contributed by atoms with Crippen molar-refractivity contribution in [3.05, 3.63) is 42.4 Å². The van der Waals surface area contributed by atoms with Gasteiger partial charge in [0, 0.05) is 16.6 Å². The molecule has 0 spiro atoms. The van der Waals surface area contributed by atoms with Gasteiger partial charge in [0.05, 0.1) is 23.5 Å². The maximum Gasteiger partial charge on any atom is 0.315 e. The maximum atomic E-state index is 12.2. The van der Waals surface area contributed by atoms with Crippen molar-refractivity contribution in [3.63, 3.8) is 0 Å². The Labute approximate surface area is 177 Å². The minimum absolute atomic E-state index is 0.125. The van der Waals surface area contributed by atoms with Crippen molar-refractivity contribution in [3.8, 4) is 17.0 Å². The Balaban J connectivity index is 1.89. The van der Waals surface area contributed by atoms with Gasteiger partial charge in [-0.05, 0) is 43.5 Å². The third-order valence-electron chi connectivity index (χ3n) is 4.91. The van der Waals surface area contributed by atoms with E-state index in [-0.39, 0.29) is 16.7 Å². The van der Waals surface area contributed by atoms with Crippen LogP contribution in [0.2, 0.25) is 0 Å². The lowest BCUT2D eigenvalue weighted by molar-refractivity contribution is -0.138. The van der Waals surface area contributed by atoms with Crippen LogP contribution < -0.4 is 4.74 Å². The highest BCUT2D eigenvalue weighted by Crippen LogP contribution is 2.23. The van der Waals surface area contributed by atoms with Crippen LogP contribution in [-0.2, 0) is 11.2 Å². The van der Waals surface area contributed by atoms with E-state index < -0.39 is 0 Å². The van der Waals surface area contributed by atoms with Crippen LogP contribution in [0.4, 0.5) is 0 Å². The smallest absolute Gasteiger partial charge is 0.315 e. The molecule has 0 aliphatic heterocycles. The molecule has 2 unspecified atom stereocenters. The van der Waals surface area contributed by atoms with Gasteiger partial charge >= 0.3 is 5.97 Å². The van der Waals surface area contributed by atoms with Crippen LogP contribution >= 0.6 is 15.9 Å². The average Bonchev–Trinajstić information content (AvgIpc) is 2.73. The van der Waals surface area contributed by atoms with Crippen molar-refractivity contribution in [2.45, 2.75) is 70.5 Å². The van der Waals surface area contributed by atoms with Gasteiger partial charge < -0.3 is 4.74 Å². The fourth-order valence-corrected chi connectivity index (χ4v) is 3.16. The van der Waals surface area contributed by atoms with Crippen LogP contribution in [0.15, 0.2) is 36.7 Å². The summed E-state index contributed by atoms with van der Waals surface area (Å²) in [5.41, 5.74) is 2.83. The van der Waals surface area contributed by atoms with Gasteiger partial charge in [-0.1, -0.05) is 62.4 Å². The average molecular weight is 447 g/mol. The van der Waals surface area contributed by atoms with E-state index >= 15 is 0 Å². The van der Waals surface area contributed by atoms with Gasteiger partial charge in [0.2, 0.25) is 0 Å². The van der Waals surface area contributed by atoms with E-state index in [0.29, 0.717) is 5.75 Å². The number of aromatic nitrogens is 2. The summed E-state index contributed by atoms with van der Waals surface area (Å²) in [4.78, 5) is 21.4. The normalized spacial score (nSPS) is 13.1. The Morgan fingerprint density at radius 1 is 1.04 bits per heavy atom. The largest absolute Gasteiger partial charge is 0.426 e. The Hall–Kier alpha value is -1.75. The number of hydrogen-bond donors (Lipinski definition) is 0. The Morgan fingerprint density at radius 3 is 2.36 bits per heavy atom. The summed E-state index contributed by atoms with van der Waals surface area (Å²) < 4.78 is 5.48. The molecular formula is C23H31BrN2O2. The highest BCUT2D eigenvalue weighted by Gasteiger charge is 2.22. The Kier molecular flexibility index (Phi) is 9.62. The lowest BCUT2D eigenvalue weighted by Gasteiger charge is -2.15. The van der Waals surface area contributed by atoms with E-state index in [2.05, 4.69) is 32.8 Å². The molecule has 1 aromatic heterocycles. The second-order valence-electron chi connectivity index (χ2n) is 7.22. The lowest BCUT2D eigenvalue weighted by Crippen LogP contribution is -2.25. The number of unbranched alkanes of at least 4 members (excludes halogenated alkanes) is 4. The predicted molar refractivity (Wildman–Crippen MR) is 118 cm³/mol. The predicted octanol–water partition coefficient (Wildman–Crippen LogP) is 6.37. The summed E-state index contributed by atoms with van der Waals surface area (Å²) in [5.74, 6) is 0.137. The molecule has 0 aliphatic rings. The van der Waals surface area contributed by atoms with E-state index in [9.17, 15) is 4.79 Å². The number of rotatable bonds is 11. The summed E-state index contributed by atoms with van der Waals surface area (Å²) in [5, 5.41) is 0. The van der Waals surface area contributed by atoms with E-state index in [1.165, 1.54) is 32.1 Å². The zero-order valence-corrected chi connectivity index (χ0v) is 18.7. The number of nitrogens with zero attached hydrogens (tertiary/aromatic N) is 2. The number of carbonyl (C=O) groups is 1. The van der Waals surface area contributed by atoms with Crippen molar-refractivity contribution in [2.75, 3.05) is 0 Å². The summed E-state index contributed by atoms with van der Waals surface area (Å²) in [6.45, 7) is 6.14. The van der Waals surface area contributed by atoms with Gasteiger partial charge in [-0.2, -0.15) is 0 Å². The van der Waals surface area contributed by atoms with E-state index in [1.807, 2.05) is 38.4 Å². The second kappa shape index (κ2) is 11.9. The summed E-state index contributed by atoms with van der Waals surface area (Å²) in [6.07, 6.45) is 11.8. The SMILES string of the molecule is CCCCCCCc1cnc(-c2ccc(OC(=O)C(C)C(Br)CC)cc2)cn1. The number of esters is 1. The van der Waals surface area contributed by atoms with Crippen LogP contribution in [0.25, 0.3) is 11.3 Å². The summed E-state index contributed by atoms with van der Waals surface area (Å²) in [6, 6.07) is 7.43. The Bertz CT molecular complexity index is 716. The monoisotopic (exact) mass is 446 g/mol. The van der Waals surface area contributed by atoms with Crippen LogP contribution in [0.1, 0.15) is 65.0 Å². The maximum absolute atomic E-state index is 12.2. The first-order valence-corrected chi connectivity index (χ1v) is 11.2. The number of carbonyl (C=O) groups excluding carboxylic acids is 1. The molecule has 1 heterocycles. The number of halogens is 1. The molecule has 4 nitrogen and oxygen atoms in total. The molecule has 0 radical (unpaired) electrons. The molecule has 28 heavy (non-hydrogen) atoms. The minimum atomic E-state index is -0.223. The summed E-state index contributed by atoms with van der Waals surface area (Å²) >= 11 is 3.51. The van der Waals surface area contributed by atoms with Gasteiger partial charge in [-0.3, -0.25) is 14.8 Å². The zero-order chi connectivity index (χ0) is 20.4. The standard InChI is InChI=1S/C23H31BrN2O2/c1-4-6-7-8-9-10-19-15-26-22(16-25-19)18-11-13-20(14-12-18)28-23(27)17(3)21(24)5-2/h11-17,21H,4-10H2,1-3H3. The third kappa shape index (κ3) is 7.01. The topological polar surface area (TPSA) is 52.1 Å². The van der Waals surface area contributed by atoms with Crippen molar-refractivity contribution < 1.29 is 9.53 Å². The van der Waals surface area contributed by atoms with E-state index in [0.717, 1.165) is 29.8 Å². The molecule has 2 rings (SSSR count). The molecule has 0 saturated carbocycles. The second-order valence-corrected chi connectivity index (χ2v) is 8.39. The molecule has 1 aromatic carbocycles. The molecule has 0 aliphatic carbocycles. The van der Waals surface area contributed by atoms with Crippen molar-refractivity contribution in [1.29, 1.82) is 0 Å². The fourth-order valence-electron chi connectivity index (χ4n) is 2.95. The van der Waals surface area contributed by atoms with Gasteiger partial charge in [-0.25, -0.2) is 0 Å².